The number of piperazine rings is 1. The van der Waals surface area contributed by atoms with Gasteiger partial charge in [0.05, 0.1) is 0 Å². The summed E-state index contributed by atoms with van der Waals surface area (Å²) >= 11 is 0. The van der Waals surface area contributed by atoms with E-state index in [0.29, 0.717) is 0 Å². The van der Waals surface area contributed by atoms with E-state index in [-0.39, 0.29) is 51.7 Å². The number of carbonyl (C=O) groups is 4. The van der Waals surface area contributed by atoms with E-state index in [1.807, 2.05) is 60.7 Å². The van der Waals surface area contributed by atoms with Crippen molar-refractivity contribution in [3.8, 4) is 0 Å². The number of rotatable bonds is 8. The summed E-state index contributed by atoms with van der Waals surface area (Å²) in [5.41, 5.74) is 0.994. The highest BCUT2D eigenvalue weighted by Gasteiger charge is 2.30. The van der Waals surface area contributed by atoms with Crippen LogP contribution in [-0.4, -0.2) is 78.3 Å². The highest BCUT2D eigenvalue weighted by Crippen LogP contribution is 2.13. The minimum absolute atomic E-state index is 0.0701. The molecular weight excluding hydrogens is 490 g/mol. The maximum absolute atomic E-state index is 12.9. The third kappa shape index (κ3) is 9.42. The van der Waals surface area contributed by atoms with Crippen molar-refractivity contribution in [1.29, 1.82) is 0 Å². The van der Waals surface area contributed by atoms with Gasteiger partial charge in [-0.1, -0.05) is 60.7 Å². The molecule has 1 heterocycles. The van der Waals surface area contributed by atoms with Crippen LogP contribution in [-0.2, 0) is 36.8 Å². The molecule has 3 amide bonds. The van der Waals surface area contributed by atoms with E-state index in [2.05, 4.69) is 5.32 Å². The smallest absolute Gasteiger partial charge is 0.410 e. The van der Waals surface area contributed by atoms with Gasteiger partial charge in [-0.2, -0.15) is 0 Å². The summed E-state index contributed by atoms with van der Waals surface area (Å²) in [4.78, 5) is 53.1. The zero-order valence-electron chi connectivity index (χ0n) is 22.1. The zero-order valence-corrected chi connectivity index (χ0v) is 22.1. The quantitative estimate of drug-likeness (QED) is 0.416. The number of esters is 1. The molecule has 0 bridgehead atoms. The fourth-order valence-corrected chi connectivity index (χ4v) is 3.73. The molecule has 1 aliphatic rings. The first-order valence-electron chi connectivity index (χ1n) is 12.6. The van der Waals surface area contributed by atoms with E-state index in [1.165, 1.54) is 4.90 Å². The van der Waals surface area contributed by atoms with Crippen LogP contribution >= 0.6 is 0 Å². The Morgan fingerprint density at radius 2 is 1.39 bits per heavy atom. The fraction of sp³-hybridized carbons (Fsp3) is 0.429. The highest BCUT2D eigenvalue weighted by molar-refractivity contribution is 5.83. The molecule has 1 atom stereocenters. The zero-order chi connectivity index (χ0) is 27.5. The largest absolute Gasteiger partial charge is 0.458 e. The number of hydrogen-bond donors (Lipinski definition) is 1. The number of hydrogen-bond acceptors (Lipinski definition) is 7. The Hall–Kier alpha value is -4.08. The summed E-state index contributed by atoms with van der Waals surface area (Å²) in [5, 5.41) is 2.45. The third-order valence-corrected chi connectivity index (χ3v) is 5.67. The molecule has 3 rings (SSSR count). The first-order valence-corrected chi connectivity index (χ1v) is 12.6. The van der Waals surface area contributed by atoms with E-state index >= 15 is 0 Å². The van der Waals surface area contributed by atoms with Crippen molar-refractivity contribution in [2.24, 2.45) is 0 Å². The number of amides is 3. The first kappa shape index (κ1) is 28.5. The summed E-state index contributed by atoms with van der Waals surface area (Å²) in [6.07, 6.45) is -2.26. The van der Waals surface area contributed by atoms with Crippen LogP contribution in [0.2, 0.25) is 0 Å². The Labute approximate surface area is 222 Å². The summed E-state index contributed by atoms with van der Waals surface area (Å²) < 4.78 is 16.2. The van der Waals surface area contributed by atoms with Gasteiger partial charge in [0, 0.05) is 32.6 Å². The number of benzene rings is 2. The molecular formula is C28H35N3O7. The Bertz CT molecular complexity index is 1080. The molecule has 1 N–H and O–H groups in total. The molecule has 0 radical (unpaired) electrons. The normalized spacial score (nSPS) is 14.3. The molecule has 2 aromatic rings. The van der Waals surface area contributed by atoms with Crippen LogP contribution in [0.15, 0.2) is 60.7 Å². The lowest BCUT2D eigenvalue weighted by atomic mass is 10.1. The van der Waals surface area contributed by atoms with Crippen molar-refractivity contribution in [2.45, 2.75) is 45.5 Å². The van der Waals surface area contributed by atoms with Crippen molar-refractivity contribution in [1.82, 2.24) is 15.1 Å². The van der Waals surface area contributed by atoms with Crippen LogP contribution in [0.4, 0.5) is 9.59 Å². The maximum Gasteiger partial charge on any atom is 0.410 e. The summed E-state index contributed by atoms with van der Waals surface area (Å²) in [7, 11) is 0. The van der Waals surface area contributed by atoms with E-state index in [4.69, 9.17) is 14.2 Å². The van der Waals surface area contributed by atoms with Crippen molar-refractivity contribution >= 4 is 24.1 Å². The molecule has 0 spiro atoms. The molecule has 1 saturated heterocycles. The van der Waals surface area contributed by atoms with Gasteiger partial charge >= 0.3 is 18.2 Å². The standard InChI is InChI=1S/C28H35N3O7/c1-28(2,3)38-26(34)29-19-24(32)30-14-16-31(17-15-30)27(35)37-23(18-21-10-6-4-7-11-21)25(33)36-20-22-12-8-5-9-13-22/h4-13,23H,14-20H2,1-3H3,(H,29,34). The topological polar surface area (TPSA) is 114 Å². The molecule has 1 aliphatic heterocycles. The maximum atomic E-state index is 12.9. The molecule has 38 heavy (non-hydrogen) atoms. The number of nitrogens with one attached hydrogen (secondary N) is 1. The van der Waals surface area contributed by atoms with E-state index in [1.54, 1.807) is 25.7 Å². The SMILES string of the molecule is CC(C)(C)OC(=O)NCC(=O)N1CCN(C(=O)OC(Cc2ccccc2)C(=O)OCc2ccccc2)CC1. The third-order valence-electron chi connectivity index (χ3n) is 5.67. The first-order chi connectivity index (χ1) is 18.1. The lowest BCUT2D eigenvalue weighted by Gasteiger charge is -2.34. The lowest BCUT2D eigenvalue weighted by molar-refractivity contribution is -0.155. The Morgan fingerprint density at radius 1 is 0.842 bits per heavy atom. The van der Waals surface area contributed by atoms with Gasteiger partial charge in [0.2, 0.25) is 12.0 Å². The average molecular weight is 526 g/mol. The molecule has 204 valence electrons. The second-order valence-electron chi connectivity index (χ2n) is 9.88. The Morgan fingerprint density at radius 3 is 1.97 bits per heavy atom. The molecule has 1 fully saturated rings. The van der Waals surface area contributed by atoms with Crippen LogP contribution < -0.4 is 5.32 Å². The van der Waals surface area contributed by atoms with Gasteiger partial charge in [-0.25, -0.2) is 14.4 Å². The summed E-state index contributed by atoms with van der Waals surface area (Å²) in [6, 6.07) is 18.5. The van der Waals surface area contributed by atoms with Crippen LogP contribution in [0.5, 0.6) is 0 Å². The number of alkyl carbamates (subject to hydrolysis) is 1. The van der Waals surface area contributed by atoms with Crippen molar-refractivity contribution in [3.05, 3.63) is 71.8 Å². The van der Waals surface area contributed by atoms with Gasteiger partial charge in [-0.15, -0.1) is 0 Å². The van der Waals surface area contributed by atoms with Crippen LogP contribution in [0.3, 0.4) is 0 Å². The van der Waals surface area contributed by atoms with Gasteiger partial charge in [0.25, 0.3) is 0 Å². The van der Waals surface area contributed by atoms with Crippen LogP contribution in [0, 0.1) is 0 Å². The second-order valence-corrected chi connectivity index (χ2v) is 9.88. The molecule has 2 aromatic carbocycles. The van der Waals surface area contributed by atoms with Gasteiger partial charge in [-0.05, 0) is 31.9 Å². The minimum atomic E-state index is -1.12. The predicted molar refractivity (Wildman–Crippen MR) is 139 cm³/mol. The van der Waals surface area contributed by atoms with Gasteiger partial charge in [-0.3, -0.25) is 4.79 Å². The van der Waals surface area contributed by atoms with Crippen molar-refractivity contribution in [3.63, 3.8) is 0 Å². The highest BCUT2D eigenvalue weighted by atomic mass is 16.6. The number of ether oxygens (including phenoxy) is 3. The van der Waals surface area contributed by atoms with E-state index in [0.717, 1.165) is 11.1 Å². The predicted octanol–water partition coefficient (Wildman–Crippen LogP) is 3.15. The Kier molecular flexibility index (Phi) is 10.1. The Balaban J connectivity index is 1.51. The summed E-state index contributed by atoms with van der Waals surface area (Å²) in [6.45, 7) is 6.08. The lowest BCUT2D eigenvalue weighted by Crippen LogP contribution is -2.53. The second kappa shape index (κ2) is 13.5. The molecule has 1 unspecified atom stereocenters. The molecule has 0 aromatic heterocycles. The monoisotopic (exact) mass is 525 g/mol. The molecule has 0 aliphatic carbocycles. The molecule has 10 nitrogen and oxygen atoms in total. The van der Waals surface area contributed by atoms with E-state index in [9.17, 15) is 19.2 Å². The van der Waals surface area contributed by atoms with Gasteiger partial charge < -0.3 is 29.3 Å². The number of nitrogens with zero attached hydrogens (tertiary/aromatic N) is 2. The number of carbonyl (C=O) groups excluding carboxylic acids is 4. The van der Waals surface area contributed by atoms with Crippen molar-refractivity contribution < 1.29 is 33.4 Å². The van der Waals surface area contributed by atoms with E-state index < -0.39 is 29.9 Å². The summed E-state index contributed by atoms with van der Waals surface area (Å²) in [5.74, 6) is -0.914. The minimum Gasteiger partial charge on any atom is -0.458 e. The van der Waals surface area contributed by atoms with Crippen molar-refractivity contribution in [2.75, 3.05) is 32.7 Å². The van der Waals surface area contributed by atoms with Gasteiger partial charge in [0.15, 0.2) is 0 Å². The van der Waals surface area contributed by atoms with Crippen LogP contribution in [0.1, 0.15) is 31.9 Å². The van der Waals surface area contributed by atoms with Gasteiger partial charge in [0.1, 0.15) is 18.8 Å². The van der Waals surface area contributed by atoms with Crippen LogP contribution in [0.25, 0.3) is 0 Å². The molecule has 0 saturated carbocycles. The molecule has 10 heteroatoms. The fourth-order valence-electron chi connectivity index (χ4n) is 3.73. The average Bonchev–Trinajstić information content (AvgIpc) is 2.90.